The summed E-state index contributed by atoms with van der Waals surface area (Å²) in [7, 11) is 0. The Bertz CT molecular complexity index is 154. The molecular formula is C9H14O. The van der Waals surface area contributed by atoms with Gasteiger partial charge in [-0.15, -0.1) is 0 Å². The molecule has 0 N–H and O–H groups in total. The van der Waals surface area contributed by atoms with Crippen molar-refractivity contribution >= 4 is 5.78 Å². The molecule has 0 bridgehead atoms. The SMILES string of the molecule is C=C(CCC)C(=O)/C=C/C. The van der Waals surface area contributed by atoms with Gasteiger partial charge in [0.05, 0.1) is 0 Å². The first-order valence-corrected chi connectivity index (χ1v) is 3.57. The summed E-state index contributed by atoms with van der Waals surface area (Å²) >= 11 is 0. The van der Waals surface area contributed by atoms with E-state index in [-0.39, 0.29) is 5.78 Å². The van der Waals surface area contributed by atoms with Crippen LogP contribution in [0.5, 0.6) is 0 Å². The van der Waals surface area contributed by atoms with E-state index in [1.807, 2.05) is 13.8 Å². The predicted octanol–water partition coefficient (Wildman–Crippen LogP) is 2.49. The third-order valence-corrected chi connectivity index (χ3v) is 1.22. The Balaban J connectivity index is 3.83. The fourth-order valence-electron chi connectivity index (χ4n) is 0.694. The monoisotopic (exact) mass is 138 g/mol. The van der Waals surface area contributed by atoms with Gasteiger partial charge in [0, 0.05) is 0 Å². The van der Waals surface area contributed by atoms with Gasteiger partial charge in [0.15, 0.2) is 5.78 Å². The number of ketones is 1. The van der Waals surface area contributed by atoms with E-state index >= 15 is 0 Å². The number of carbonyl (C=O) groups is 1. The minimum atomic E-state index is 0.0596. The second-order valence-corrected chi connectivity index (χ2v) is 2.22. The maximum atomic E-state index is 10.9. The lowest BCUT2D eigenvalue weighted by Gasteiger charge is -1.95. The van der Waals surface area contributed by atoms with Crippen molar-refractivity contribution in [3.05, 3.63) is 24.3 Å². The first-order chi connectivity index (χ1) is 4.72. The molecule has 0 aromatic heterocycles. The zero-order chi connectivity index (χ0) is 7.98. The highest BCUT2D eigenvalue weighted by Crippen LogP contribution is 2.03. The lowest BCUT2D eigenvalue weighted by Crippen LogP contribution is -1.95. The van der Waals surface area contributed by atoms with Crippen LogP contribution in [-0.4, -0.2) is 5.78 Å². The van der Waals surface area contributed by atoms with Crippen molar-refractivity contribution in [2.75, 3.05) is 0 Å². The summed E-state index contributed by atoms with van der Waals surface area (Å²) in [6.07, 6.45) is 5.09. The number of rotatable bonds is 4. The summed E-state index contributed by atoms with van der Waals surface area (Å²) in [6.45, 7) is 7.53. The van der Waals surface area contributed by atoms with Gasteiger partial charge in [0.25, 0.3) is 0 Å². The molecule has 0 fully saturated rings. The van der Waals surface area contributed by atoms with Gasteiger partial charge in [-0.2, -0.15) is 0 Å². The van der Waals surface area contributed by atoms with Crippen LogP contribution < -0.4 is 0 Å². The zero-order valence-electron chi connectivity index (χ0n) is 6.68. The van der Waals surface area contributed by atoms with Crippen molar-refractivity contribution < 1.29 is 4.79 Å². The van der Waals surface area contributed by atoms with Gasteiger partial charge < -0.3 is 0 Å². The van der Waals surface area contributed by atoms with E-state index in [2.05, 4.69) is 6.58 Å². The summed E-state index contributed by atoms with van der Waals surface area (Å²) in [5.74, 6) is 0.0596. The molecule has 0 aromatic carbocycles. The van der Waals surface area contributed by atoms with Crippen LogP contribution in [0.4, 0.5) is 0 Å². The van der Waals surface area contributed by atoms with Crippen LogP contribution in [0.3, 0.4) is 0 Å². The third-order valence-electron chi connectivity index (χ3n) is 1.22. The Morgan fingerprint density at radius 2 is 2.20 bits per heavy atom. The highest BCUT2D eigenvalue weighted by molar-refractivity contribution is 6.03. The Morgan fingerprint density at radius 3 is 2.60 bits per heavy atom. The van der Waals surface area contributed by atoms with Crippen LogP contribution in [0.2, 0.25) is 0 Å². The lowest BCUT2D eigenvalue weighted by molar-refractivity contribution is -0.111. The smallest absolute Gasteiger partial charge is 0.180 e. The molecule has 0 saturated heterocycles. The number of carbonyl (C=O) groups excluding carboxylic acids is 1. The molecule has 1 heteroatoms. The van der Waals surface area contributed by atoms with Crippen LogP contribution in [0.1, 0.15) is 26.7 Å². The van der Waals surface area contributed by atoms with Crippen molar-refractivity contribution in [3.63, 3.8) is 0 Å². The summed E-state index contributed by atoms with van der Waals surface area (Å²) in [4.78, 5) is 10.9. The molecule has 0 aliphatic rings. The summed E-state index contributed by atoms with van der Waals surface area (Å²) < 4.78 is 0. The molecule has 0 amide bonds. The second kappa shape index (κ2) is 4.98. The van der Waals surface area contributed by atoms with Crippen molar-refractivity contribution in [3.8, 4) is 0 Å². The molecular weight excluding hydrogens is 124 g/mol. The maximum absolute atomic E-state index is 10.9. The van der Waals surface area contributed by atoms with Gasteiger partial charge in [-0.05, 0) is 25.0 Å². The fourth-order valence-corrected chi connectivity index (χ4v) is 0.694. The van der Waals surface area contributed by atoms with E-state index in [9.17, 15) is 4.79 Å². The average Bonchev–Trinajstić information content (AvgIpc) is 1.89. The van der Waals surface area contributed by atoms with E-state index in [0.717, 1.165) is 12.8 Å². The standard InChI is InChI=1S/C9H14O/c1-4-6-8(3)9(10)7-5-2/h5,7H,3-4,6H2,1-2H3/b7-5+. The molecule has 0 atom stereocenters. The molecule has 10 heavy (non-hydrogen) atoms. The average molecular weight is 138 g/mol. The van der Waals surface area contributed by atoms with Gasteiger partial charge in [-0.1, -0.05) is 26.0 Å². The summed E-state index contributed by atoms with van der Waals surface area (Å²) in [6, 6.07) is 0. The molecule has 56 valence electrons. The Labute approximate surface area is 62.4 Å². The van der Waals surface area contributed by atoms with Gasteiger partial charge >= 0.3 is 0 Å². The highest BCUT2D eigenvalue weighted by Gasteiger charge is 1.99. The molecule has 0 aliphatic heterocycles. The summed E-state index contributed by atoms with van der Waals surface area (Å²) in [5.41, 5.74) is 0.709. The van der Waals surface area contributed by atoms with Crippen LogP contribution in [0.25, 0.3) is 0 Å². The first kappa shape index (κ1) is 9.15. The predicted molar refractivity (Wildman–Crippen MR) is 43.9 cm³/mol. The highest BCUT2D eigenvalue weighted by atomic mass is 16.1. The number of hydrogen-bond acceptors (Lipinski definition) is 1. The molecule has 0 aromatic rings. The normalized spacial score (nSPS) is 10.2. The molecule has 0 heterocycles. The zero-order valence-corrected chi connectivity index (χ0v) is 6.68. The van der Waals surface area contributed by atoms with Gasteiger partial charge in [0.1, 0.15) is 0 Å². The van der Waals surface area contributed by atoms with Crippen molar-refractivity contribution in [1.29, 1.82) is 0 Å². The van der Waals surface area contributed by atoms with Gasteiger partial charge in [0.2, 0.25) is 0 Å². The first-order valence-electron chi connectivity index (χ1n) is 3.57. The second-order valence-electron chi connectivity index (χ2n) is 2.22. The molecule has 0 rings (SSSR count). The minimum absolute atomic E-state index is 0.0596. The van der Waals surface area contributed by atoms with E-state index in [1.54, 1.807) is 12.2 Å². The van der Waals surface area contributed by atoms with Crippen LogP contribution in [0.15, 0.2) is 24.3 Å². The van der Waals surface area contributed by atoms with Crippen molar-refractivity contribution in [2.24, 2.45) is 0 Å². The van der Waals surface area contributed by atoms with E-state index < -0.39 is 0 Å². The Kier molecular flexibility index (Phi) is 4.55. The Morgan fingerprint density at radius 1 is 1.60 bits per heavy atom. The fraction of sp³-hybridized carbons (Fsp3) is 0.444. The minimum Gasteiger partial charge on any atom is -0.290 e. The molecule has 0 aliphatic carbocycles. The van der Waals surface area contributed by atoms with Gasteiger partial charge in [-0.25, -0.2) is 0 Å². The van der Waals surface area contributed by atoms with Crippen LogP contribution in [-0.2, 0) is 4.79 Å². The van der Waals surface area contributed by atoms with E-state index in [0.29, 0.717) is 5.57 Å². The number of allylic oxidation sites excluding steroid dienone is 3. The largest absolute Gasteiger partial charge is 0.290 e. The summed E-state index contributed by atoms with van der Waals surface area (Å²) in [5, 5.41) is 0. The van der Waals surface area contributed by atoms with E-state index in [1.165, 1.54) is 0 Å². The topological polar surface area (TPSA) is 17.1 Å². The van der Waals surface area contributed by atoms with Crippen molar-refractivity contribution in [1.82, 2.24) is 0 Å². The van der Waals surface area contributed by atoms with Crippen LogP contribution >= 0.6 is 0 Å². The maximum Gasteiger partial charge on any atom is 0.180 e. The number of hydrogen-bond donors (Lipinski definition) is 0. The van der Waals surface area contributed by atoms with Crippen LogP contribution in [0, 0.1) is 0 Å². The lowest BCUT2D eigenvalue weighted by atomic mass is 10.1. The molecule has 0 saturated carbocycles. The van der Waals surface area contributed by atoms with E-state index in [4.69, 9.17) is 0 Å². The molecule has 1 nitrogen and oxygen atoms in total. The quantitative estimate of drug-likeness (QED) is 0.545. The Hall–Kier alpha value is -0.850. The molecule has 0 radical (unpaired) electrons. The van der Waals surface area contributed by atoms with Crippen molar-refractivity contribution in [2.45, 2.75) is 26.7 Å². The molecule has 0 spiro atoms. The molecule has 0 unspecified atom stereocenters. The van der Waals surface area contributed by atoms with Gasteiger partial charge in [-0.3, -0.25) is 4.79 Å². The third kappa shape index (κ3) is 3.23.